The average molecular weight is 244 g/mol. The second kappa shape index (κ2) is 8.64. The zero-order valence-electron chi connectivity index (χ0n) is 10.9. The first-order valence-electron chi connectivity index (χ1n) is 6.11. The van der Waals surface area contributed by atoms with Crippen LogP contribution in [0.5, 0.6) is 0 Å². The Bertz CT molecular complexity index is 193. The second-order valence-electron chi connectivity index (χ2n) is 4.47. The molecule has 0 aliphatic heterocycles. The lowest BCUT2D eigenvalue weighted by atomic mass is 9.87. The van der Waals surface area contributed by atoms with Gasteiger partial charge in [-0.05, 0) is 12.8 Å². The van der Waals surface area contributed by atoms with E-state index in [0.717, 1.165) is 26.1 Å². The van der Waals surface area contributed by atoms with Crippen molar-refractivity contribution in [1.82, 2.24) is 0 Å². The van der Waals surface area contributed by atoms with E-state index in [1.807, 2.05) is 0 Å². The van der Waals surface area contributed by atoms with Crippen molar-refractivity contribution in [1.29, 1.82) is 0 Å². The third kappa shape index (κ3) is 5.64. The van der Waals surface area contributed by atoms with E-state index < -0.39 is 0 Å². The molecule has 0 N–H and O–H groups in total. The molecule has 4 nitrogen and oxygen atoms in total. The van der Waals surface area contributed by atoms with Gasteiger partial charge in [0.15, 0.2) is 0 Å². The Morgan fingerprint density at radius 3 is 1.71 bits per heavy atom. The summed E-state index contributed by atoms with van der Waals surface area (Å²) in [7, 11) is 3.37. The fourth-order valence-corrected chi connectivity index (χ4v) is 1.89. The third-order valence-electron chi connectivity index (χ3n) is 2.95. The summed E-state index contributed by atoms with van der Waals surface area (Å²) in [6, 6.07) is 0. The van der Waals surface area contributed by atoms with Gasteiger partial charge in [0.05, 0.1) is 39.6 Å². The molecule has 0 amide bonds. The Morgan fingerprint density at radius 1 is 0.824 bits per heavy atom. The zero-order chi connectivity index (χ0) is 12.4. The van der Waals surface area contributed by atoms with Crippen molar-refractivity contribution in [3.63, 3.8) is 0 Å². The van der Waals surface area contributed by atoms with Gasteiger partial charge in [0.25, 0.3) is 0 Å². The highest BCUT2D eigenvalue weighted by molar-refractivity contribution is 5.03. The van der Waals surface area contributed by atoms with Gasteiger partial charge in [0, 0.05) is 19.6 Å². The van der Waals surface area contributed by atoms with Crippen molar-refractivity contribution >= 4 is 0 Å². The highest BCUT2D eigenvalue weighted by atomic mass is 16.5. The minimum Gasteiger partial charge on any atom is -0.382 e. The van der Waals surface area contributed by atoms with E-state index in [0.29, 0.717) is 26.4 Å². The van der Waals surface area contributed by atoms with Crippen molar-refractivity contribution < 1.29 is 18.9 Å². The van der Waals surface area contributed by atoms with E-state index in [4.69, 9.17) is 18.9 Å². The van der Waals surface area contributed by atoms with Crippen LogP contribution in [-0.2, 0) is 18.9 Å². The number of ether oxygens (including phenoxy) is 4. The fourth-order valence-electron chi connectivity index (χ4n) is 1.89. The molecule has 0 saturated carbocycles. The molecule has 0 bridgehead atoms. The molecule has 0 aromatic heterocycles. The SMILES string of the molecule is COCCOCC1(COCCOC)CC=CC1. The van der Waals surface area contributed by atoms with E-state index >= 15 is 0 Å². The Balaban J connectivity index is 2.20. The van der Waals surface area contributed by atoms with E-state index in [1.54, 1.807) is 14.2 Å². The number of hydrogen-bond donors (Lipinski definition) is 0. The van der Waals surface area contributed by atoms with Gasteiger partial charge in [-0.25, -0.2) is 0 Å². The normalized spacial score (nSPS) is 17.8. The van der Waals surface area contributed by atoms with Crippen molar-refractivity contribution in [2.24, 2.45) is 5.41 Å². The molecule has 100 valence electrons. The second-order valence-corrected chi connectivity index (χ2v) is 4.47. The predicted molar refractivity (Wildman–Crippen MR) is 66.2 cm³/mol. The maximum absolute atomic E-state index is 5.64. The molecule has 0 aromatic rings. The summed E-state index contributed by atoms with van der Waals surface area (Å²) in [6.45, 7) is 4.06. The molecule has 17 heavy (non-hydrogen) atoms. The van der Waals surface area contributed by atoms with Gasteiger partial charge >= 0.3 is 0 Å². The lowest BCUT2D eigenvalue weighted by Gasteiger charge is -2.28. The monoisotopic (exact) mass is 244 g/mol. The van der Waals surface area contributed by atoms with Crippen LogP contribution in [0.15, 0.2) is 12.2 Å². The van der Waals surface area contributed by atoms with Gasteiger partial charge in [0.2, 0.25) is 0 Å². The van der Waals surface area contributed by atoms with Crippen LogP contribution in [0.4, 0.5) is 0 Å². The lowest BCUT2D eigenvalue weighted by molar-refractivity contribution is -0.0359. The number of methoxy groups -OCH3 is 2. The van der Waals surface area contributed by atoms with Gasteiger partial charge in [0.1, 0.15) is 0 Å². The van der Waals surface area contributed by atoms with Crippen molar-refractivity contribution in [3.8, 4) is 0 Å². The molecule has 4 heteroatoms. The molecule has 1 aliphatic carbocycles. The Labute approximate surface area is 104 Å². The van der Waals surface area contributed by atoms with Gasteiger partial charge in [-0.2, -0.15) is 0 Å². The quantitative estimate of drug-likeness (QED) is 0.432. The van der Waals surface area contributed by atoms with E-state index in [1.165, 1.54) is 0 Å². The summed E-state index contributed by atoms with van der Waals surface area (Å²) >= 11 is 0. The van der Waals surface area contributed by atoms with Crippen LogP contribution in [0.25, 0.3) is 0 Å². The third-order valence-corrected chi connectivity index (χ3v) is 2.95. The van der Waals surface area contributed by atoms with Crippen LogP contribution in [0.3, 0.4) is 0 Å². The highest BCUT2D eigenvalue weighted by Gasteiger charge is 2.31. The van der Waals surface area contributed by atoms with Crippen LogP contribution in [0.2, 0.25) is 0 Å². The van der Waals surface area contributed by atoms with Crippen LogP contribution in [0, 0.1) is 5.41 Å². The first-order valence-corrected chi connectivity index (χ1v) is 6.11. The lowest BCUT2D eigenvalue weighted by Crippen LogP contribution is -2.31. The standard InChI is InChI=1S/C13H24O4/c1-14-7-9-16-11-13(5-3-4-6-13)12-17-10-8-15-2/h3-4H,5-12H2,1-2H3. The highest BCUT2D eigenvalue weighted by Crippen LogP contribution is 2.33. The topological polar surface area (TPSA) is 36.9 Å². The first kappa shape index (κ1) is 14.6. The summed E-state index contributed by atoms with van der Waals surface area (Å²) in [5.74, 6) is 0. The summed E-state index contributed by atoms with van der Waals surface area (Å²) in [5, 5.41) is 0. The predicted octanol–water partition coefficient (Wildman–Crippen LogP) is 1.65. The molecule has 0 saturated heterocycles. The first-order chi connectivity index (χ1) is 8.33. The van der Waals surface area contributed by atoms with Crippen molar-refractivity contribution in [3.05, 3.63) is 12.2 Å². The Kier molecular flexibility index (Phi) is 7.44. The van der Waals surface area contributed by atoms with Crippen LogP contribution < -0.4 is 0 Å². The van der Waals surface area contributed by atoms with Crippen LogP contribution in [0.1, 0.15) is 12.8 Å². The van der Waals surface area contributed by atoms with Gasteiger partial charge in [-0.15, -0.1) is 0 Å². The molecule has 0 radical (unpaired) electrons. The molecule has 0 spiro atoms. The van der Waals surface area contributed by atoms with Gasteiger partial charge in [-0.1, -0.05) is 12.2 Å². The Hall–Kier alpha value is -0.420. The zero-order valence-corrected chi connectivity index (χ0v) is 10.9. The summed E-state index contributed by atoms with van der Waals surface area (Å²) < 4.78 is 21.2. The minimum atomic E-state index is 0.126. The number of rotatable bonds is 10. The van der Waals surface area contributed by atoms with Crippen molar-refractivity contribution in [2.75, 3.05) is 53.9 Å². The van der Waals surface area contributed by atoms with Crippen molar-refractivity contribution in [2.45, 2.75) is 12.8 Å². The molecule has 1 aliphatic rings. The van der Waals surface area contributed by atoms with E-state index in [9.17, 15) is 0 Å². The van der Waals surface area contributed by atoms with Gasteiger partial charge < -0.3 is 18.9 Å². The molecule has 1 rings (SSSR count). The summed E-state index contributed by atoms with van der Waals surface area (Å²) in [5.41, 5.74) is 0.126. The molecule has 0 aromatic carbocycles. The number of allylic oxidation sites excluding steroid dienone is 2. The Morgan fingerprint density at radius 2 is 1.29 bits per heavy atom. The molecular formula is C13H24O4. The maximum atomic E-state index is 5.64. The van der Waals surface area contributed by atoms with Crippen LogP contribution in [-0.4, -0.2) is 53.9 Å². The molecular weight excluding hydrogens is 220 g/mol. The van der Waals surface area contributed by atoms with Gasteiger partial charge in [-0.3, -0.25) is 0 Å². The number of hydrogen-bond acceptors (Lipinski definition) is 4. The summed E-state index contributed by atoms with van der Waals surface area (Å²) in [6.07, 6.45) is 6.48. The largest absolute Gasteiger partial charge is 0.382 e. The molecule has 0 fully saturated rings. The van der Waals surface area contributed by atoms with Crippen LogP contribution >= 0.6 is 0 Å². The van der Waals surface area contributed by atoms with E-state index in [2.05, 4.69) is 12.2 Å². The minimum absolute atomic E-state index is 0.126. The smallest absolute Gasteiger partial charge is 0.0700 e. The fraction of sp³-hybridized carbons (Fsp3) is 0.846. The summed E-state index contributed by atoms with van der Waals surface area (Å²) in [4.78, 5) is 0. The van der Waals surface area contributed by atoms with E-state index in [-0.39, 0.29) is 5.41 Å². The average Bonchev–Trinajstić information content (AvgIpc) is 2.80. The molecule has 0 unspecified atom stereocenters. The molecule has 0 atom stereocenters. The molecule has 0 heterocycles. The maximum Gasteiger partial charge on any atom is 0.0700 e.